The van der Waals surface area contributed by atoms with E-state index >= 15 is 0 Å². The van der Waals surface area contributed by atoms with Gasteiger partial charge in [-0.05, 0) is 58.4 Å². The Kier molecular flexibility index (Phi) is 7.39. The molecule has 10 rings (SSSR count). The first-order valence-corrected chi connectivity index (χ1v) is 18.8. The summed E-state index contributed by atoms with van der Waals surface area (Å²) in [7, 11) is 0. The van der Waals surface area contributed by atoms with Gasteiger partial charge in [0.1, 0.15) is 5.84 Å². The van der Waals surface area contributed by atoms with E-state index < -0.39 is 0 Å². The molecule has 1 aliphatic heterocycles. The molecule has 2 aliphatic carbocycles. The van der Waals surface area contributed by atoms with Crippen LogP contribution in [-0.2, 0) is 6.42 Å². The number of hydrogen-bond acceptors (Lipinski definition) is 3. The van der Waals surface area contributed by atoms with Gasteiger partial charge in [0.25, 0.3) is 0 Å². The average Bonchev–Trinajstić information content (AvgIpc) is 3.60. The van der Waals surface area contributed by atoms with E-state index in [1.54, 1.807) is 0 Å². The monoisotopic (exact) mass is 672 g/mol. The van der Waals surface area contributed by atoms with Crippen LogP contribution < -0.4 is 5.32 Å². The summed E-state index contributed by atoms with van der Waals surface area (Å²) in [4.78, 5) is 6.71. The quantitative estimate of drug-likeness (QED) is 0.193. The van der Waals surface area contributed by atoms with Crippen LogP contribution in [0.5, 0.6) is 0 Å². The lowest BCUT2D eigenvalue weighted by molar-refractivity contribution is 0.694. The number of fused-ring (bicyclic) bond motifs is 6. The van der Waals surface area contributed by atoms with Crippen LogP contribution in [0, 0.1) is 0 Å². The summed E-state index contributed by atoms with van der Waals surface area (Å²) in [6.07, 6.45) is 7.00. The lowest BCUT2D eigenvalue weighted by atomic mass is 9.72. The molecule has 0 spiro atoms. The predicted molar refractivity (Wildman–Crippen MR) is 214 cm³/mol. The van der Waals surface area contributed by atoms with Crippen LogP contribution >= 0.6 is 11.3 Å². The number of hydrogen-bond donors (Lipinski definition) is 1. The molecular weight excluding hydrogens is 637 g/mol. The van der Waals surface area contributed by atoms with E-state index in [0.29, 0.717) is 11.8 Å². The molecule has 0 saturated heterocycles. The van der Waals surface area contributed by atoms with Crippen molar-refractivity contribution in [3.63, 3.8) is 0 Å². The fourth-order valence-corrected chi connectivity index (χ4v) is 9.87. The Morgan fingerprint density at radius 3 is 2.06 bits per heavy atom. The minimum absolute atomic E-state index is 0.0347. The first-order valence-electron chi connectivity index (χ1n) is 17.9. The molecule has 1 N–H and O–H groups in total. The highest BCUT2D eigenvalue weighted by Crippen LogP contribution is 2.52. The van der Waals surface area contributed by atoms with Crippen molar-refractivity contribution in [2.75, 3.05) is 0 Å². The SMILES string of the molecule is C1=C(c2ccccc2)C=C(C2Cc3sc4c(C5=Nc6ccccc6C(c6ccccc6)N5)cccc4c3-c3ccccc32)CC1c1ccccc1. The minimum Gasteiger partial charge on any atom is -0.359 e. The van der Waals surface area contributed by atoms with Crippen molar-refractivity contribution in [2.24, 2.45) is 4.99 Å². The molecule has 0 radical (unpaired) electrons. The fraction of sp³-hybridized carbons (Fsp3) is 0.104. The summed E-state index contributed by atoms with van der Waals surface area (Å²) in [5.74, 6) is 1.58. The van der Waals surface area contributed by atoms with Crippen LogP contribution in [0.4, 0.5) is 5.69 Å². The Labute approximate surface area is 303 Å². The summed E-state index contributed by atoms with van der Waals surface area (Å²) in [6, 6.07) is 57.2. The lowest BCUT2D eigenvalue weighted by Gasteiger charge is -2.32. The van der Waals surface area contributed by atoms with Gasteiger partial charge in [0.2, 0.25) is 0 Å². The number of benzene rings is 6. The van der Waals surface area contributed by atoms with Crippen LogP contribution in [0.15, 0.2) is 180 Å². The van der Waals surface area contributed by atoms with Crippen molar-refractivity contribution >= 4 is 38.5 Å². The maximum Gasteiger partial charge on any atom is 0.136 e. The summed E-state index contributed by atoms with van der Waals surface area (Å²) in [6.45, 7) is 0. The molecule has 3 atom stereocenters. The summed E-state index contributed by atoms with van der Waals surface area (Å²) in [5, 5.41) is 5.20. The number of aliphatic imine (C=N–C) groups is 1. The first-order chi connectivity index (χ1) is 25.3. The van der Waals surface area contributed by atoms with Gasteiger partial charge >= 0.3 is 0 Å². The highest BCUT2D eigenvalue weighted by atomic mass is 32.1. The van der Waals surface area contributed by atoms with Crippen molar-refractivity contribution in [3.05, 3.63) is 214 Å². The van der Waals surface area contributed by atoms with E-state index in [1.165, 1.54) is 70.6 Å². The third kappa shape index (κ3) is 5.28. The molecule has 244 valence electrons. The molecule has 7 aromatic rings. The molecule has 2 heterocycles. The minimum atomic E-state index is 0.0347. The van der Waals surface area contributed by atoms with Crippen LogP contribution in [0.2, 0.25) is 0 Å². The second-order valence-corrected chi connectivity index (χ2v) is 15.0. The van der Waals surface area contributed by atoms with Gasteiger partial charge in [0, 0.05) is 43.5 Å². The summed E-state index contributed by atoms with van der Waals surface area (Å²) < 4.78 is 1.31. The van der Waals surface area contributed by atoms with Crippen LogP contribution in [0.25, 0.3) is 26.8 Å². The third-order valence-corrected chi connectivity index (χ3v) is 12.2. The average molecular weight is 673 g/mol. The smallest absolute Gasteiger partial charge is 0.136 e. The van der Waals surface area contributed by atoms with Crippen LogP contribution in [0.3, 0.4) is 0 Å². The predicted octanol–water partition coefficient (Wildman–Crippen LogP) is 12.2. The number of nitrogens with zero attached hydrogens (tertiary/aromatic N) is 1. The van der Waals surface area contributed by atoms with Gasteiger partial charge in [-0.1, -0.05) is 163 Å². The number of nitrogens with one attached hydrogen (secondary N) is 1. The fourth-order valence-electron chi connectivity index (χ4n) is 8.50. The van der Waals surface area contributed by atoms with Crippen molar-refractivity contribution in [1.82, 2.24) is 5.32 Å². The molecule has 3 aliphatic rings. The normalized spacial score (nSPS) is 19.1. The molecule has 3 heteroatoms. The topological polar surface area (TPSA) is 24.4 Å². The number of para-hydroxylation sites is 1. The van der Waals surface area contributed by atoms with Gasteiger partial charge in [0.05, 0.1) is 11.7 Å². The van der Waals surface area contributed by atoms with Crippen molar-refractivity contribution in [2.45, 2.75) is 30.7 Å². The van der Waals surface area contributed by atoms with Gasteiger partial charge in [-0.3, -0.25) is 0 Å². The Morgan fingerprint density at radius 1 is 0.588 bits per heavy atom. The van der Waals surface area contributed by atoms with E-state index in [2.05, 4.69) is 175 Å². The maximum absolute atomic E-state index is 5.25. The number of thiophene rings is 1. The van der Waals surface area contributed by atoms with E-state index in [1.807, 2.05) is 11.3 Å². The molecule has 0 fully saturated rings. The number of rotatable bonds is 5. The van der Waals surface area contributed by atoms with Gasteiger partial charge < -0.3 is 5.32 Å². The Bertz CT molecular complexity index is 2510. The standard InChI is InChI=1S/C48H36N2S/c1-4-15-31(16-5-1)34-27-35(32-17-6-2-7-18-32)29-36(28-34)42-30-44-45(38-22-11-10-21-37(38)42)40-24-14-25-41(47(40)51-44)48-49-43-26-13-12-23-39(43)46(50-48)33-19-8-3-9-20-33/h1-28,35,42,46H,29-30H2,(H,49,50). The van der Waals surface area contributed by atoms with Crippen molar-refractivity contribution in [3.8, 4) is 11.1 Å². The second kappa shape index (κ2) is 12.5. The molecule has 0 saturated carbocycles. The molecule has 51 heavy (non-hydrogen) atoms. The van der Waals surface area contributed by atoms with Crippen molar-refractivity contribution < 1.29 is 0 Å². The zero-order chi connectivity index (χ0) is 33.7. The molecule has 2 nitrogen and oxygen atoms in total. The molecule has 6 aromatic carbocycles. The highest BCUT2D eigenvalue weighted by molar-refractivity contribution is 7.20. The van der Waals surface area contributed by atoms with Crippen molar-refractivity contribution in [1.29, 1.82) is 0 Å². The third-order valence-electron chi connectivity index (χ3n) is 10.9. The second-order valence-electron chi connectivity index (χ2n) is 13.9. The van der Waals surface area contributed by atoms with E-state index in [0.717, 1.165) is 24.4 Å². The zero-order valence-electron chi connectivity index (χ0n) is 28.2. The molecule has 1 aromatic heterocycles. The first kappa shape index (κ1) is 30.1. The van der Waals surface area contributed by atoms with Gasteiger partial charge in [-0.25, -0.2) is 4.99 Å². The Morgan fingerprint density at radius 2 is 1.25 bits per heavy atom. The van der Waals surface area contributed by atoms with Gasteiger partial charge in [0.15, 0.2) is 0 Å². The molecule has 0 amide bonds. The summed E-state index contributed by atoms with van der Waals surface area (Å²) >= 11 is 1.96. The van der Waals surface area contributed by atoms with Gasteiger partial charge in [-0.15, -0.1) is 11.3 Å². The molecule has 3 unspecified atom stereocenters. The summed E-state index contributed by atoms with van der Waals surface area (Å²) in [5.41, 5.74) is 14.4. The van der Waals surface area contributed by atoms with Crippen LogP contribution in [-0.4, -0.2) is 5.84 Å². The largest absolute Gasteiger partial charge is 0.359 e. The number of allylic oxidation sites excluding steroid dienone is 4. The van der Waals surface area contributed by atoms with E-state index in [4.69, 9.17) is 4.99 Å². The van der Waals surface area contributed by atoms with E-state index in [9.17, 15) is 0 Å². The maximum atomic E-state index is 5.25. The van der Waals surface area contributed by atoms with Crippen LogP contribution in [0.1, 0.15) is 62.6 Å². The van der Waals surface area contributed by atoms with Gasteiger partial charge in [-0.2, -0.15) is 0 Å². The lowest BCUT2D eigenvalue weighted by Crippen LogP contribution is -2.32. The molecular formula is C48H36N2S. The molecule has 0 bridgehead atoms. The number of amidine groups is 1. The highest BCUT2D eigenvalue weighted by Gasteiger charge is 2.33. The Hall–Kier alpha value is -5.77. The van der Waals surface area contributed by atoms with E-state index in [-0.39, 0.29) is 6.04 Å². The zero-order valence-corrected chi connectivity index (χ0v) is 29.0. The Balaban J connectivity index is 1.09.